The first-order valence-electron chi connectivity index (χ1n) is 10.3. The highest BCUT2D eigenvalue weighted by atomic mass is 79.9. The molecule has 0 saturated heterocycles. The fourth-order valence-electron chi connectivity index (χ4n) is 4.19. The van der Waals surface area contributed by atoms with Gasteiger partial charge in [0.15, 0.2) is 0 Å². The van der Waals surface area contributed by atoms with Crippen LogP contribution in [0.5, 0.6) is 0 Å². The molecule has 0 saturated carbocycles. The zero-order chi connectivity index (χ0) is 20.3. The molecule has 2 aromatic rings. The molecule has 1 aromatic heterocycles. The Morgan fingerprint density at radius 3 is 2.92 bits per heavy atom. The molecule has 1 aromatic carbocycles. The lowest BCUT2D eigenvalue weighted by molar-refractivity contribution is -0.134. The molecule has 0 spiro atoms. The summed E-state index contributed by atoms with van der Waals surface area (Å²) in [5.41, 5.74) is 3.29. The van der Waals surface area contributed by atoms with Gasteiger partial charge in [0.05, 0.1) is 14.6 Å². The molecule has 2 heterocycles. The number of fused-ring (bicyclic) bond motifs is 2. The van der Waals surface area contributed by atoms with E-state index in [1.165, 1.54) is 0 Å². The summed E-state index contributed by atoms with van der Waals surface area (Å²) in [5.74, 6) is -0.158. The van der Waals surface area contributed by atoms with Crippen LogP contribution in [-0.2, 0) is 11.2 Å². The average Bonchev–Trinajstić information content (AvgIpc) is 3.01. The maximum atomic E-state index is 13.0. The number of carbonyl (C=O) groups excluding carboxylic acids is 1. The van der Waals surface area contributed by atoms with E-state index in [4.69, 9.17) is 4.11 Å². The molecule has 132 valence electrons. The second-order valence-corrected chi connectivity index (χ2v) is 7.61. The van der Waals surface area contributed by atoms with Crippen molar-refractivity contribution in [2.24, 2.45) is 5.92 Å². The highest BCUT2D eigenvalue weighted by Gasteiger charge is 2.37. The van der Waals surface area contributed by atoms with Crippen molar-refractivity contribution in [3.63, 3.8) is 0 Å². The largest absolute Gasteiger partial charge is 0.349 e. The van der Waals surface area contributed by atoms with Gasteiger partial charge in [-0.05, 0) is 66.0 Å². The van der Waals surface area contributed by atoms with E-state index in [1.807, 2.05) is 31.9 Å². The standard InChI is InChI=1S/C20H24BrN3O/c1-4-24(5-2)20(25)12-9-14-13-7-6-8-16-18(13)15(19(21)22-16)10-17(14)23(3)11-12/h6-9,12,17,22H,4-5,10-11H2,1-3H3/t12-,17-/m1/s1/i6D,7D,8D. The van der Waals surface area contributed by atoms with E-state index in [0.717, 1.165) is 27.5 Å². The van der Waals surface area contributed by atoms with E-state index < -0.39 is 0 Å². The second-order valence-electron chi connectivity index (χ2n) is 6.82. The van der Waals surface area contributed by atoms with Crippen LogP contribution in [-0.4, -0.2) is 53.4 Å². The lowest BCUT2D eigenvalue weighted by atomic mass is 9.79. The highest BCUT2D eigenvalue weighted by Crippen LogP contribution is 2.43. The van der Waals surface area contributed by atoms with Gasteiger partial charge in [-0.3, -0.25) is 9.69 Å². The van der Waals surface area contributed by atoms with Gasteiger partial charge >= 0.3 is 0 Å². The van der Waals surface area contributed by atoms with E-state index in [9.17, 15) is 4.79 Å². The van der Waals surface area contributed by atoms with Gasteiger partial charge in [0.1, 0.15) is 0 Å². The van der Waals surface area contributed by atoms with Crippen LogP contribution >= 0.6 is 15.9 Å². The van der Waals surface area contributed by atoms with E-state index in [0.29, 0.717) is 30.7 Å². The first-order valence-corrected chi connectivity index (χ1v) is 9.60. The number of H-pyrrole nitrogens is 1. The first kappa shape index (κ1) is 13.6. The summed E-state index contributed by atoms with van der Waals surface area (Å²) in [4.78, 5) is 20.2. The van der Waals surface area contributed by atoms with Crippen molar-refractivity contribution in [1.29, 1.82) is 0 Å². The van der Waals surface area contributed by atoms with Gasteiger partial charge in [0.2, 0.25) is 5.91 Å². The summed E-state index contributed by atoms with van der Waals surface area (Å²) in [6.07, 6.45) is 2.77. The Bertz CT molecular complexity index is 1010. The van der Waals surface area contributed by atoms with Crippen LogP contribution in [0.15, 0.2) is 28.8 Å². The zero-order valence-corrected chi connectivity index (χ0v) is 16.3. The SMILES string of the molecule is [2H]c1c([2H])c2c3c(c(Br)[nH]c3c1[2H])C[C@@H]1C2=C[C@@H](C(=O)N(CC)CC)CN1C. The van der Waals surface area contributed by atoms with Crippen LogP contribution in [0.25, 0.3) is 16.5 Å². The number of nitrogens with one attached hydrogen (secondary N) is 1. The van der Waals surface area contributed by atoms with Crippen molar-refractivity contribution in [1.82, 2.24) is 14.8 Å². The minimum Gasteiger partial charge on any atom is -0.349 e. The van der Waals surface area contributed by atoms with Gasteiger partial charge in [0.25, 0.3) is 0 Å². The molecule has 0 bridgehead atoms. The van der Waals surface area contributed by atoms with Gasteiger partial charge in [-0.1, -0.05) is 18.2 Å². The lowest BCUT2D eigenvalue weighted by Crippen LogP contribution is -2.47. The minimum atomic E-state index is -0.264. The molecule has 1 N–H and O–H groups in total. The molecule has 4 rings (SSSR count). The highest BCUT2D eigenvalue weighted by molar-refractivity contribution is 9.10. The molecule has 0 fully saturated rings. The first-order chi connectivity index (χ1) is 13.3. The van der Waals surface area contributed by atoms with E-state index in [2.05, 4.69) is 25.8 Å². The number of hydrogen-bond acceptors (Lipinski definition) is 2. The van der Waals surface area contributed by atoms with Gasteiger partial charge in [-0.2, -0.15) is 0 Å². The molecule has 25 heavy (non-hydrogen) atoms. The van der Waals surface area contributed by atoms with Crippen molar-refractivity contribution < 1.29 is 8.91 Å². The molecule has 5 heteroatoms. The molecule has 1 aliphatic heterocycles. The minimum absolute atomic E-state index is 0.0506. The molecule has 2 aliphatic rings. The quantitative estimate of drug-likeness (QED) is 0.847. The number of rotatable bonds is 3. The number of nitrogens with zero attached hydrogens (tertiary/aromatic N) is 2. The summed E-state index contributed by atoms with van der Waals surface area (Å²) >= 11 is 3.57. The number of hydrogen-bond donors (Lipinski definition) is 1. The maximum absolute atomic E-state index is 13.0. The Kier molecular flexibility index (Phi) is 3.42. The Hall–Kier alpha value is -1.59. The molecule has 0 unspecified atom stereocenters. The predicted molar refractivity (Wildman–Crippen MR) is 106 cm³/mol. The van der Waals surface area contributed by atoms with Gasteiger partial charge < -0.3 is 9.88 Å². The van der Waals surface area contributed by atoms with Gasteiger partial charge in [0, 0.05) is 36.6 Å². The fraction of sp³-hybridized carbons (Fsp3) is 0.450. The van der Waals surface area contributed by atoms with Crippen LogP contribution in [0.2, 0.25) is 0 Å². The Morgan fingerprint density at radius 2 is 2.20 bits per heavy atom. The molecule has 1 amide bonds. The van der Waals surface area contributed by atoms with Crippen molar-refractivity contribution in [3.05, 3.63) is 39.9 Å². The Balaban J connectivity index is 1.94. The average molecular weight is 405 g/mol. The summed E-state index contributed by atoms with van der Waals surface area (Å²) in [5, 5.41) is 0.852. The van der Waals surface area contributed by atoms with Crippen LogP contribution in [0.4, 0.5) is 0 Å². The molecular weight excluding hydrogens is 378 g/mol. The van der Waals surface area contributed by atoms with Crippen LogP contribution in [0, 0.1) is 5.92 Å². The van der Waals surface area contributed by atoms with E-state index >= 15 is 0 Å². The van der Waals surface area contributed by atoms with Crippen molar-refractivity contribution in [2.75, 3.05) is 26.7 Å². The summed E-state index contributed by atoms with van der Waals surface area (Å²) in [6.45, 7) is 5.96. The Labute approximate surface area is 161 Å². The van der Waals surface area contributed by atoms with Crippen LogP contribution in [0.1, 0.15) is 29.1 Å². The van der Waals surface area contributed by atoms with Crippen LogP contribution in [0.3, 0.4) is 0 Å². The number of aromatic nitrogens is 1. The van der Waals surface area contributed by atoms with E-state index in [-0.39, 0.29) is 36.0 Å². The predicted octanol–water partition coefficient (Wildman–Crippen LogP) is 3.67. The van der Waals surface area contributed by atoms with Crippen molar-refractivity contribution in [3.8, 4) is 0 Å². The summed E-state index contributed by atoms with van der Waals surface area (Å²) in [7, 11) is 2.02. The third-order valence-electron chi connectivity index (χ3n) is 5.51. The second kappa shape index (κ2) is 6.29. The number of aromatic amines is 1. The number of carbonyl (C=O) groups is 1. The van der Waals surface area contributed by atoms with E-state index in [1.54, 1.807) is 0 Å². The third-order valence-corrected chi connectivity index (χ3v) is 6.19. The van der Waals surface area contributed by atoms with Crippen molar-refractivity contribution >= 4 is 38.3 Å². The van der Waals surface area contributed by atoms with Gasteiger partial charge in [-0.15, -0.1) is 0 Å². The number of amides is 1. The summed E-state index contributed by atoms with van der Waals surface area (Å²) < 4.78 is 25.9. The Morgan fingerprint density at radius 1 is 1.44 bits per heavy atom. The van der Waals surface area contributed by atoms with Crippen molar-refractivity contribution in [2.45, 2.75) is 26.3 Å². The number of halogens is 1. The molecule has 1 aliphatic carbocycles. The fourth-order valence-corrected chi connectivity index (χ4v) is 4.75. The lowest BCUT2D eigenvalue weighted by Gasteiger charge is -2.40. The number of likely N-dealkylation sites (N-methyl/N-ethyl adjacent to an activating group) is 1. The zero-order valence-electron chi connectivity index (χ0n) is 17.7. The topological polar surface area (TPSA) is 39.3 Å². The third kappa shape index (κ3) is 2.56. The monoisotopic (exact) mass is 404 g/mol. The maximum Gasteiger partial charge on any atom is 0.230 e. The smallest absolute Gasteiger partial charge is 0.230 e. The number of benzene rings is 1. The molecule has 2 atom stereocenters. The molecule has 4 nitrogen and oxygen atoms in total. The van der Waals surface area contributed by atoms with Gasteiger partial charge in [-0.25, -0.2) is 0 Å². The summed E-state index contributed by atoms with van der Waals surface area (Å²) in [6, 6.07) is 0.105. The molecule has 0 radical (unpaired) electrons. The molecular formula is C20H24BrN3O. The van der Waals surface area contributed by atoms with Crippen LogP contribution < -0.4 is 0 Å². The normalized spacial score (nSPS) is 24.3.